The summed E-state index contributed by atoms with van der Waals surface area (Å²) < 4.78 is 0. The van der Waals surface area contributed by atoms with Crippen LogP contribution in [0.3, 0.4) is 0 Å². The Labute approximate surface area is 130 Å². The first-order valence-electron chi connectivity index (χ1n) is 7.80. The Morgan fingerprint density at radius 2 is 2.14 bits per heavy atom. The minimum absolute atomic E-state index is 0.00982. The van der Waals surface area contributed by atoms with Crippen LogP contribution in [-0.2, 0) is 19.5 Å². The Bertz CT molecular complexity index is 736. The minimum atomic E-state index is 0.00982. The van der Waals surface area contributed by atoms with Gasteiger partial charge in [-0.1, -0.05) is 19.9 Å². The van der Waals surface area contributed by atoms with Crippen LogP contribution < -0.4 is 5.56 Å². The number of H-pyrrole nitrogens is 1. The summed E-state index contributed by atoms with van der Waals surface area (Å²) in [6.07, 6.45) is 0.824. The van der Waals surface area contributed by atoms with Crippen LogP contribution in [0.4, 0.5) is 0 Å². The van der Waals surface area contributed by atoms with Crippen LogP contribution in [0, 0.1) is 6.92 Å². The first-order chi connectivity index (χ1) is 10.5. The second-order valence-electron chi connectivity index (χ2n) is 6.26. The molecule has 2 aromatic heterocycles. The highest BCUT2D eigenvalue weighted by atomic mass is 16.1. The standard InChI is InChI=1S/C17H22N4O/c1-11(2)16-19-15-7-8-21(10-14(15)17(22)20-16)9-13-6-4-5-12(3)18-13/h4-6,11H,7-10H2,1-3H3,(H,19,20,22). The lowest BCUT2D eigenvalue weighted by Crippen LogP contribution is -2.36. The molecule has 0 aliphatic carbocycles. The van der Waals surface area contributed by atoms with Crippen LogP contribution >= 0.6 is 0 Å². The van der Waals surface area contributed by atoms with Crippen LogP contribution in [-0.4, -0.2) is 26.4 Å². The highest BCUT2D eigenvalue weighted by molar-refractivity contribution is 5.22. The molecule has 1 aliphatic rings. The van der Waals surface area contributed by atoms with Gasteiger partial charge in [0, 0.05) is 37.7 Å². The number of hydrogen-bond donors (Lipinski definition) is 1. The molecule has 0 unspecified atom stereocenters. The van der Waals surface area contributed by atoms with E-state index < -0.39 is 0 Å². The number of nitrogens with zero attached hydrogens (tertiary/aromatic N) is 3. The Morgan fingerprint density at radius 3 is 2.86 bits per heavy atom. The molecule has 0 amide bonds. The van der Waals surface area contributed by atoms with Crippen LogP contribution in [0.15, 0.2) is 23.0 Å². The van der Waals surface area contributed by atoms with E-state index in [9.17, 15) is 4.79 Å². The van der Waals surface area contributed by atoms with Crippen LogP contribution in [0.2, 0.25) is 0 Å². The molecule has 3 heterocycles. The zero-order chi connectivity index (χ0) is 15.7. The van der Waals surface area contributed by atoms with Crippen molar-refractivity contribution in [2.75, 3.05) is 6.54 Å². The van der Waals surface area contributed by atoms with Crippen molar-refractivity contribution in [1.82, 2.24) is 19.9 Å². The van der Waals surface area contributed by atoms with Gasteiger partial charge in [-0.3, -0.25) is 14.7 Å². The van der Waals surface area contributed by atoms with Crippen molar-refractivity contribution in [2.24, 2.45) is 0 Å². The van der Waals surface area contributed by atoms with Crippen molar-refractivity contribution in [2.45, 2.75) is 46.2 Å². The predicted octanol–water partition coefficient (Wildman–Crippen LogP) is 2.16. The Hall–Kier alpha value is -2.01. The number of pyridine rings is 1. The van der Waals surface area contributed by atoms with Gasteiger partial charge in [-0.25, -0.2) is 4.98 Å². The van der Waals surface area contributed by atoms with E-state index in [1.165, 1.54) is 0 Å². The average Bonchev–Trinajstić information content (AvgIpc) is 2.47. The van der Waals surface area contributed by atoms with Crippen LogP contribution in [0.25, 0.3) is 0 Å². The van der Waals surface area contributed by atoms with E-state index in [2.05, 4.69) is 19.9 Å². The number of fused-ring (bicyclic) bond motifs is 1. The molecule has 0 fully saturated rings. The number of aromatic nitrogens is 3. The molecule has 3 rings (SSSR count). The largest absolute Gasteiger partial charge is 0.310 e. The normalized spacial score (nSPS) is 15.1. The zero-order valence-corrected chi connectivity index (χ0v) is 13.4. The van der Waals surface area contributed by atoms with Gasteiger partial charge in [0.15, 0.2) is 0 Å². The SMILES string of the molecule is Cc1cccc(CN2CCc3nc(C(C)C)[nH]c(=O)c3C2)n1. The summed E-state index contributed by atoms with van der Waals surface area (Å²) in [5.74, 6) is 1.03. The van der Waals surface area contributed by atoms with Crippen molar-refractivity contribution in [3.05, 3.63) is 57.0 Å². The van der Waals surface area contributed by atoms with Crippen LogP contribution in [0.1, 0.15) is 48.2 Å². The van der Waals surface area contributed by atoms with Gasteiger partial charge in [-0.15, -0.1) is 0 Å². The van der Waals surface area contributed by atoms with E-state index in [4.69, 9.17) is 0 Å². The molecule has 0 saturated carbocycles. The molecule has 5 heteroatoms. The fourth-order valence-electron chi connectivity index (χ4n) is 2.83. The summed E-state index contributed by atoms with van der Waals surface area (Å²) in [6.45, 7) is 8.41. The minimum Gasteiger partial charge on any atom is -0.310 e. The number of aromatic amines is 1. The quantitative estimate of drug-likeness (QED) is 0.943. The average molecular weight is 298 g/mol. The second-order valence-corrected chi connectivity index (χ2v) is 6.26. The second kappa shape index (κ2) is 6.01. The number of hydrogen-bond acceptors (Lipinski definition) is 4. The maximum absolute atomic E-state index is 12.3. The van der Waals surface area contributed by atoms with Gasteiger partial charge in [0.05, 0.1) is 17.0 Å². The number of aryl methyl sites for hydroxylation is 1. The first kappa shape index (κ1) is 14.9. The van der Waals surface area contributed by atoms with Crippen molar-refractivity contribution in [3.8, 4) is 0 Å². The molecule has 5 nitrogen and oxygen atoms in total. The molecular weight excluding hydrogens is 276 g/mol. The van der Waals surface area contributed by atoms with Gasteiger partial charge in [-0.05, 0) is 19.1 Å². The summed E-state index contributed by atoms with van der Waals surface area (Å²) in [4.78, 5) is 26.7. The Morgan fingerprint density at radius 1 is 1.32 bits per heavy atom. The first-order valence-corrected chi connectivity index (χ1v) is 7.80. The highest BCUT2D eigenvalue weighted by Gasteiger charge is 2.22. The van der Waals surface area contributed by atoms with Gasteiger partial charge >= 0.3 is 0 Å². The van der Waals surface area contributed by atoms with Crippen molar-refractivity contribution in [3.63, 3.8) is 0 Å². The maximum atomic E-state index is 12.3. The maximum Gasteiger partial charge on any atom is 0.255 e. The summed E-state index contributed by atoms with van der Waals surface area (Å²) >= 11 is 0. The number of rotatable bonds is 3. The predicted molar refractivity (Wildman–Crippen MR) is 85.7 cm³/mol. The molecule has 2 aromatic rings. The van der Waals surface area contributed by atoms with E-state index in [-0.39, 0.29) is 11.5 Å². The molecule has 22 heavy (non-hydrogen) atoms. The lowest BCUT2D eigenvalue weighted by atomic mass is 10.1. The monoisotopic (exact) mass is 298 g/mol. The molecule has 0 radical (unpaired) electrons. The van der Waals surface area contributed by atoms with Crippen molar-refractivity contribution < 1.29 is 0 Å². The van der Waals surface area contributed by atoms with Crippen LogP contribution in [0.5, 0.6) is 0 Å². The number of nitrogens with one attached hydrogen (secondary N) is 1. The third kappa shape index (κ3) is 3.09. The van der Waals surface area contributed by atoms with E-state index in [0.717, 1.165) is 48.0 Å². The van der Waals surface area contributed by atoms with Crippen molar-refractivity contribution in [1.29, 1.82) is 0 Å². The topological polar surface area (TPSA) is 61.9 Å². The Kier molecular flexibility index (Phi) is 4.07. The molecular formula is C17H22N4O. The third-order valence-corrected chi connectivity index (χ3v) is 4.04. The molecule has 0 spiro atoms. The molecule has 1 N–H and O–H groups in total. The van der Waals surface area contributed by atoms with Gasteiger partial charge in [0.2, 0.25) is 0 Å². The summed E-state index contributed by atoms with van der Waals surface area (Å²) in [5, 5.41) is 0. The summed E-state index contributed by atoms with van der Waals surface area (Å²) in [7, 11) is 0. The van der Waals surface area contributed by atoms with Gasteiger partial charge < -0.3 is 4.98 Å². The summed E-state index contributed by atoms with van der Waals surface area (Å²) in [6, 6.07) is 6.06. The molecule has 116 valence electrons. The lowest BCUT2D eigenvalue weighted by molar-refractivity contribution is 0.238. The van der Waals surface area contributed by atoms with Gasteiger partial charge in [0.25, 0.3) is 5.56 Å². The summed E-state index contributed by atoms with van der Waals surface area (Å²) in [5.41, 5.74) is 3.85. The lowest BCUT2D eigenvalue weighted by Gasteiger charge is -2.27. The van der Waals surface area contributed by atoms with E-state index >= 15 is 0 Å². The third-order valence-electron chi connectivity index (χ3n) is 4.04. The zero-order valence-electron chi connectivity index (χ0n) is 13.4. The molecule has 0 saturated heterocycles. The fourth-order valence-corrected chi connectivity index (χ4v) is 2.83. The Balaban J connectivity index is 1.81. The highest BCUT2D eigenvalue weighted by Crippen LogP contribution is 2.17. The molecule has 0 bridgehead atoms. The molecule has 0 aromatic carbocycles. The molecule has 1 aliphatic heterocycles. The van der Waals surface area contributed by atoms with E-state index in [1.807, 2.05) is 39.0 Å². The van der Waals surface area contributed by atoms with Crippen molar-refractivity contribution >= 4 is 0 Å². The molecule has 0 atom stereocenters. The van der Waals surface area contributed by atoms with Gasteiger partial charge in [0.1, 0.15) is 5.82 Å². The fraction of sp³-hybridized carbons (Fsp3) is 0.471. The van der Waals surface area contributed by atoms with E-state index in [0.29, 0.717) is 6.54 Å². The smallest absolute Gasteiger partial charge is 0.255 e. The van der Waals surface area contributed by atoms with Gasteiger partial charge in [-0.2, -0.15) is 0 Å². The van der Waals surface area contributed by atoms with E-state index in [1.54, 1.807) is 0 Å².